The van der Waals surface area contributed by atoms with Crippen molar-refractivity contribution >= 4 is 5.97 Å². The summed E-state index contributed by atoms with van der Waals surface area (Å²) in [5.41, 5.74) is 0. The lowest BCUT2D eigenvalue weighted by Gasteiger charge is -2.34. The van der Waals surface area contributed by atoms with Crippen LogP contribution in [0.3, 0.4) is 0 Å². The van der Waals surface area contributed by atoms with Crippen LogP contribution in [0.2, 0.25) is 0 Å². The zero-order valence-electron chi connectivity index (χ0n) is 11.5. The van der Waals surface area contributed by atoms with Gasteiger partial charge in [0, 0.05) is 19.1 Å². The predicted octanol–water partition coefficient (Wildman–Crippen LogP) is 0.567. The van der Waals surface area contributed by atoms with Crippen LogP contribution >= 0.6 is 0 Å². The minimum absolute atomic E-state index is 0.00981. The largest absolute Gasteiger partial charge is 0.469 e. The average Bonchev–Trinajstić information content (AvgIpc) is 2.87. The summed E-state index contributed by atoms with van der Waals surface area (Å²) in [5, 5.41) is 3.88. The Bertz CT molecular complexity index is 432. The standard InChI is InChI=1S/C12H19N3O4/c1-8(2)15-4-5-18-9(7-15)12-13-10(19-14-12)6-11(16)17-3/h8-9H,4-7H2,1-3H3. The molecule has 0 aromatic carbocycles. The molecule has 2 heterocycles. The maximum Gasteiger partial charge on any atom is 0.315 e. The molecule has 19 heavy (non-hydrogen) atoms. The molecule has 0 spiro atoms. The molecule has 7 heteroatoms. The number of rotatable bonds is 4. The fourth-order valence-electron chi connectivity index (χ4n) is 1.96. The summed E-state index contributed by atoms with van der Waals surface area (Å²) in [5.74, 6) is 0.347. The first-order valence-corrected chi connectivity index (χ1v) is 6.35. The number of hydrogen-bond donors (Lipinski definition) is 0. The van der Waals surface area contributed by atoms with Gasteiger partial charge in [-0.1, -0.05) is 5.16 Å². The number of esters is 1. The Kier molecular flexibility index (Phi) is 4.49. The lowest BCUT2D eigenvalue weighted by Crippen LogP contribution is -2.42. The number of aromatic nitrogens is 2. The molecule has 1 aromatic rings. The molecule has 1 unspecified atom stereocenters. The maximum absolute atomic E-state index is 11.1. The van der Waals surface area contributed by atoms with Crippen LogP contribution in [0.15, 0.2) is 4.52 Å². The molecule has 1 saturated heterocycles. The van der Waals surface area contributed by atoms with E-state index >= 15 is 0 Å². The van der Waals surface area contributed by atoms with Gasteiger partial charge in [-0.3, -0.25) is 9.69 Å². The van der Waals surface area contributed by atoms with Gasteiger partial charge >= 0.3 is 5.97 Å². The topological polar surface area (TPSA) is 77.7 Å². The minimum Gasteiger partial charge on any atom is -0.469 e. The third-order valence-electron chi connectivity index (χ3n) is 3.12. The Morgan fingerprint density at radius 3 is 3.05 bits per heavy atom. The summed E-state index contributed by atoms with van der Waals surface area (Å²) in [7, 11) is 1.32. The van der Waals surface area contributed by atoms with Crippen molar-refractivity contribution in [1.29, 1.82) is 0 Å². The van der Waals surface area contributed by atoms with Crippen LogP contribution in [0.1, 0.15) is 31.7 Å². The molecular weight excluding hydrogens is 250 g/mol. The molecule has 0 saturated carbocycles. The van der Waals surface area contributed by atoms with E-state index in [0.29, 0.717) is 18.5 Å². The Hall–Kier alpha value is -1.47. The van der Waals surface area contributed by atoms with Crippen molar-refractivity contribution in [3.05, 3.63) is 11.7 Å². The van der Waals surface area contributed by atoms with Gasteiger partial charge in [0.25, 0.3) is 0 Å². The van der Waals surface area contributed by atoms with E-state index in [1.807, 2.05) is 0 Å². The van der Waals surface area contributed by atoms with Gasteiger partial charge in [0.1, 0.15) is 12.5 Å². The Morgan fingerprint density at radius 1 is 1.58 bits per heavy atom. The number of morpholine rings is 1. The Labute approximate surface area is 111 Å². The molecule has 1 atom stereocenters. The third-order valence-corrected chi connectivity index (χ3v) is 3.12. The quantitative estimate of drug-likeness (QED) is 0.739. The van der Waals surface area contributed by atoms with E-state index in [0.717, 1.165) is 13.1 Å². The zero-order valence-corrected chi connectivity index (χ0v) is 11.5. The monoisotopic (exact) mass is 269 g/mol. The van der Waals surface area contributed by atoms with E-state index in [1.54, 1.807) is 0 Å². The predicted molar refractivity (Wildman–Crippen MR) is 65.4 cm³/mol. The molecule has 2 rings (SSSR count). The van der Waals surface area contributed by atoms with Crippen molar-refractivity contribution in [3.63, 3.8) is 0 Å². The van der Waals surface area contributed by atoms with Crippen molar-refractivity contribution in [3.8, 4) is 0 Å². The van der Waals surface area contributed by atoms with E-state index in [-0.39, 0.29) is 18.4 Å². The van der Waals surface area contributed by atoms with Crippen LogP contribution in [0.4, 0.5) is 0 Å². The van der Waals surface area contributed by atoms with E-state index in [2.05, 4.69) is 33.6 Å². The average molecular weight is 269 g/mol. The summed E-state index contributed by atoms with van der Waals surface area (Å²) in [6, 6.07) is 0.452. The lowest BCUT2D eigenvalue weighted by atomic mass is 10.2. The van der Waals surface area contributed by atoms with Crippen LogP contribution in [0.5, 0.6) is 0 Å². The highest BCUT2D eigenvalue weighted by atomic mass is 16.5. The molecule has 1 aliphatic heterocycles. The fraction of sp³-hybridized carbons (Fsp3) is 0.750. The second-order valence-corrected chi connectivity index (χ2v) is 4.75. The Balaban J connectivity index is 1.99. The van der Waals surface area contributed by atoms with Crippen LogP contribution in [0.25, 0.3) is 0 Å². The number of carbonyl (C=O) groups is 1. The summed E-state index contributed by atoms with van der Waals surface area (Å²) >= 11 is 0. The molecule has 0 amide bonds. The fourth-order valence-corrected chi connectivity index (χ4v) is 1.96. The molecule has 106 valence electrons. The van der Waals surface area contributed by atoms with E-state index in [1.165, 1.54) is 7.11 Å². The van der Waals surface area contributed by atoms with E-state index in [9.17, 15) is 4.79 Å². The molecular formula is C12H19N3O4. The van der Waals surface area contributed by atoms with Crippen molar-refractivity contribution in [2.45, 2.75) is 32.4 Å². The highest BCUT2D eigenvalue weighted by Crippen LogP contribution is 2.21. The molecule has 1 aromatic heterocycles. The zero-order chi connectivity index (χ0) is 13.8. The van der Waals surface area contributed by atoms with E-state index < -0.39 is 5.97 Å². The van der Waals surface area contributed by atoms with Gasteiger partial charge in [-0.2, -0.15) is 4.98 Å². The Morgan fingerprint density at radius 2 is 2.37 bits per heavy atom. The highest BCUT2D eigenvalue weighted by molar-refractivity contribution is 5.71. The summed E-state index contributed by atoms with van der Waals surface area (Å²) in [6.45, 7) is 6.56. The van der Waals surface area contributed by atoms with Gasteiger partial charge in [0.15, 0.2) is 0 Å². The number of methoxy groups -OCH3 is 1. The normalized spacial score (nSPS) is 20.7. The van der Waals surface area contributed by atoms with Crippen molar-refractivity contribution < 1.29 is 18.8 Å². The van der Waals surface area contributed by atoms with Gasteiger partial charge in [-0.05, 0) is 13.8 Å². The first-order chi connectivity index (χ1) is 9.10. The van der Waals surface area contributed by atoms with Gasteiger partial charge in [-0.25, -0.2) is 0 Å². The van der Waals surface area contributed by atoms with Gasteiger partial charge in [0.05, 0.1) is 13.7 Å². The molecule has 7 nitrogen and oxygen atoms in total. The maximum atomic E-state index is 11.1. The van der Waals surface area contributed by atoms with Crippen LogP contribution < -0.4 is 0 Å². The molecule has 0 radical (unpaired) electrons. The molecule has 0 N–H and O–H groups in total. The van der Waals surface area contributed by atoms with Crippen molar-refractivity contribution in [1.82, 2.24) is 15.0 Å². The summed E-state index contributed by atoms with van der Waals surface area (Å²) in [6.07, 6.45) is -0.212. The first kappa shape index (κ1) is 14.0. The SMILES string of the molecule is COC(=O)Cc1nc(C2CN(C(C)C)CCO2)no1. The van der Waals surface area contributed by atoms with Crippen LogP contribution in [-0.4, -0.2) is 53.9 Å². The molecule has 1 fully saturated rings. The number of carbonyl (C=O) groups excluding carboxylic acids is 1. The van der Waals surface area contributed by atoms with Crippen LogP contribution in [0, 0.1) is 0 Å². The highest BCUT2D eigenvalue weighted by Gasteiger charge is 2.27. The number of ether oxygens (including phenoxy) is 2. The van der Waals surface area contributed by atoms with Crippen molar-refractivity contribution in [2.24, 2.45) is 0 Å². The molecule has 1 aliphatic rings. The second kappa shape index (κ2) is 6.12. The lowest BCUT2D eigenvalue weighted by molar-refractivity contribution is -0.140. The van der Waals surface area contributed by atoms with Gasteiger partial charge in [0.2, 0.25) is 11.7 Å². The minimum atomic E-state index is -0.399. The molecule has 0 bridgehead atoms. The number of hydrogen-bond acceptors (Lipinski definition) is 7. The van der Waals surface area contributed by atoms with Gasteiger partial charge in [-0.15, -0.1) is 0 Å². The summed E-state index contributed by atoms with van der Waals surface area (Å²) < 4.78 is 15.2. The smallest absolute Gasteiger partial charge is 0.315 e. The van der Waals surface area contributed by atoms with Gasteiger partial charge < -0.3 is 14.0 Å². The summed E-state index contributed by atoms with van der Waals surface area (Å²) in [4.78, 5) is 17.6. The van der Waals surface area contributed by atoms with Crippen LogP contribution in [-0.2, 0) is 20.7 Å². The second-order valence-electron chi connectivity index (χ2n) is 4.75. The third kappa shape index (κ3) is 3.51. The number of nitrogens with zero attached hydrogens (tertiary/aromatic N) is 3. The van der Waals surface area contributed by atoms with Crippen molar-refractivity contribution in [2.75, 3.05) is 26.8 Å². The molecule has 0 aliphatic carbocycles. The van der Waals surface area contributed by atoms with E-state index in [4.69, 9.17) is 9.26 Å². The first-order valence-electron chi connectivity index (χ1n) is 6.35.